The lowest BCUT2D eigenvalue weighted by molar-refractivity contribution is 0.00457. The highest BCUT2D eigenvalue weighted by Gasteiger charge is 2.45. The van der Waals surface area contributed by atoms with Crippen LogP contribution in [0.25, 0.3) is 0 Å². The second-order valence-corrected chi connectivity index (χ2v) is 10.2. The average Bonchev–Trinajstić information content (AvgIpc) is 3.44. The van der Waals surface area contributed by atoms with E-state index < -0.39 is 0 Å². The van der Waals surface area contributed by atoms with Crippen LogP contribution in [0, 0.1) is 0 Å². The fourth-order valence-electron chi connectivity index (χ4n) is 6.32. The summed E-state index contributed by atoms with van der Waals surface area (Å²) in [6.45, 7) is 10.2. The number of carbonyl (C=O) groups is 1. The van der Waals surface area contributed by atoms with Gasteiger partial charge in [-0.2, -0.15) is 0 Å². The van der Waals surface area contributed by atoms with Gasteiger partial charge in [-0.1, -0.05) is 6.07 Å². The first kappa shape index (κ1) is 20.5. The number of rotatable bonds is 3. The maximum atomic E-state index is 13.5. The molecule has 3 saturated heterocycles. The maximum Gasteiger partial charge on any atom is 0.255 e. The first-order valence-corrected chi connectivity index (χ1v) is 12.2. The minimum atomic E-state index is -0.0873. The molecule has 5 nitrogen and oxygen atoms in total. The quantitative estimate of drug-likeness (QED) is 0.767. The van der Waals surface area contributed by atoms with Crippen molar-refractivity contribution in [3.05, 3.63) is 34.9 Å². The SMILES string of the molecule is CN1CCN(C2CCc3cc(C(=O)N4CCCC4(C)N4CCCC4)ccc3C2)CC1. The van der Waals surface area contributed by atoms with E-state index in [0.717, 1.165) is 50.9 Å². The maximum absolute atomic E-state index is 13.5. The predicted octanol–water partition coefficient (Wildman–Crippen LogP) is 2.84. The molecule has 0 bridgehead atoms. The topological polar surface area (TPSA) is 30.0 Å². The van der Waals surface area contributed by atoms with Crippen LogP contribution in [0.1, 0.15) is 60.5 Å². The van der Waals surface area contributed by atoms with Crippen LogP contribution in [-0.4, -0.2) is 90.1 Å². The van der Waals surface area contributed by atoms with E-state index in [1.165, 1.54) is 56.6 Å². The lowest BCUT2D eigenvalue weighted by Crippen LogP contribution is -2.56. The highest BCUT2D eigenvalue weighted by molar-refractivity contribution is 5.95. The van der Waals surface area contributed by atoms with Gasteiger partial charge >= 0.3 is 0 Å². The summed E-state index contributed by atoms with van der Waals surface area (Å²) in [5.74, 6) is 0.242. The highest BCUT2D eigenvalue weighted by atomic mass is 16.2. The van der Waals surface area contributed by atoms with E-state index in [-0.39, 0.29) is 11.6 Å². The van der Waals surface area contributed by atoms with Gasteiger partial charge in [-0.05, 0) is 82.2 Å². The van der Waals surface area contributed by atoms with Crippen LogP contribution in [0.2, 0.25) is 0 Å². The lowest BCUT2D eigenvalue weighted by atomic mass is 9.86. The number of hydrogen-bond donors (Lipinski definition) is 0. The Labute approximate surface area is 182 Å². The molecular weight excluding hydrogens is 372 g/mol. The molecule has 5 rings (SSSR count). The summed E-state index contributed by atoms with van der Waals surface area (Å²) in [5, 5.41) is 0. The number of fused-ring (bicyclic) bond motifs is 1. The van der Waals surface area contributed by atoms with Crippen molar-refractivity contribution in [1.29, 1.82) is 0 Å². The fourth-order valence-corrected chi connectivity index (χ4v) is 6.32. The van der Waals surface area contributed by atoms with Gasteiger partial charge in [0.2, 0.25) is 0 Å². The molecule has 3 aliphatic heterocycles. The molecule has 4 aliphatic rings. The Balaban J connectivity index is 1.29. The number of likely N-dealkylation sites (tertiary alicyclic amines) is 2. The first-order valence-electron chi connectivity index (χ1n) is 12.2. The molecule has 2 unspecified atom stereocenters. The summed E-state index contributed by atoms with van der Waals surface area (Å²) >= 11 is 0. The number of likely N-dealkylation sites (N-methyl/N-ethyl adjacent to an activating group) is 1. The molecule has 0 aromatic heterocycles. The van der Waals surface area contributed by atoms with Crippen molar-refractivity contribution in [2.45, 2.75) is 63.6 Å². The Kier molecular flexibility index (Phi) is 5.63. The Morgan fingerprint density at radius 1 is 0.967 bits per heavy atom. The minimum absolute atomic E-state index is 0.0873. The zero-order chi connectivity index (χ0) is 20.7. The minimum Gasteiger partial charge on any atom is -0.320 e. The van der Waals surface area contributed by atoms with E-state index >= 15 is 0 Å². The molecule has 1 aromatic rings. The van der Waals surface area contributed by atoms with Crippen molar-refractivity contribution in [2.24, 2.45) is 0 Å². The van der Waals surface area contributed by atoms with Crippen LogP contribution < -0.4 is 0 Å². The van der Waals surface area contributed by atoms with Crippen LogP contribution in [0.3, 0.4) is 0 Å². The zero-order valence-corrected chi connectivity index (χ0v) is 18.9. The smallest absolute Gasteiger partial charge is 0.255 e. The van der Waals surface area contributed by atoms with Crippen molar-refractivity contribution in [2.75, 3.05) is 52.9 Å². The third kappa shape index (κ3) is 3.69. The molecule has 5 heteroatoms. The second-order valence-electron chi connectivity index (χ2n) is 10.2. The summed E-state index contributed by atoms with van der Waals surface area (Å²) in [4.78, 5) is 23.4. The van der Waals surface area contributed by atoms with E-state index in [1.54, 1.807) is 0 Å². The number of piperazine rings is 1. The standard InChI is InChI=1S/C25H38N4O/c1-25(28-11-3-4-12-28)10-5-13-29(25)24(30)22-7-6-21-19-23(9-8-20(21)18-22)27-16-14-26(2)15-17-27/h6-7,18,23H,3-5,8-17,19H2,1-2H3. The van der Waals surface area contributed by atoms with Gasteiger partial charge in [0.05, 0.1) is 5.66 Å². The van der Waals surface area contributed by atoms with Crippen LogP contribution in [0.15, 0.2) is 18.2 Å². The van der Waals surface area contributed by atoms with E-state index in [4.69, 9.17) is 0 Å². The first-order chi connectivity index (χ1) is 14.5. The van der Waals surface area contributed by atoms with E-state index in [9.17, 15) is 4.79 Å². The molecule has 2 atom stereocenters. The average molecular weight is 411 g/mol. The molecule has 1 aliphatic carbocycles. The van der Waals surface area contributed by atoms with Gasteiger partial charge in [0.15, 0.2) is 0 Å². The van der Waals surface area contributed by atoms with Crippen molar-refractivity contribution in [1.82, 2.24) is 19.6 Å². The third-order valence-electron chi connectivity index (χ3n) is 8.36. The molecule has 1 amide bonds. The molecule has 30 heavy (non-hydrogen) atoms. The normalized spacial score (nSPS) is 31.3. The van der Waals surface area contributed by atoms with Crippen LogP contribution in [0.5, 0.6) is 0 Å². The van der Waals surface area contributed by atoms with Gasteiger partial charge in [-0.15, -0.1) is 0 Å². The number of carbonyl (C=O) groups excluding carboxylic acids is 1. The van der Waals surface area contributed by atoms with Gasteiger partial charge in [-0.25, -0.2) is 0 Å². The summed E-state index contributed by atoms with van der Waals surface area (Å²) in [7, 11) is 2.22. The third-order valence-corrected chi connectivity index (χ3v) is 8.36. The van der Waals surface area contributed by atoms with Crippen molar-refractivity contribution < 1.29 is 4.79 Å². The summed E-state index contributed by atoms with van der Waals surface area (Å²) in [5.41, 5.74) is 3.69. The van der Waals surface area contributed by atoms with Crippen LogP contribution in [0.4, 0.5) is 0 Å². The largest absolute Gasteiger partial charge is 0.320 e. The number of benzene rings is 1. The molecule has 1 aromatic carbocycles. The second kappa shape index (κ2) is 8.25. The predicted molar refractivity (Wildman–Crippen MR) is 121 cm³/mol. The Hall–Kier alpha value is -1.43. The molecule has 0 spiro atoms. The van der Waals surface area contributed by atoms with Crippen molar-refractivity contribution in [3.8, 4) is 0 Å². The van der Waals surface area contributed by atoms with Crippen LogP contribution in [-0.2, 0) is 12.8 Å². The molecule has 3 fully saturated rings. The molecule has 0 saturated carbocycles. The number of amides is 1. The Morgan fingerprint density at radius 2 is 1.73 bits per heavy atom. The number of hydrogen-bond acceptors (Lipinski definition) is 4. The van der Waals surface area contributed by atoms with Gasteiger partial charge in [0, 0.05) is 57.4 Å². The van der Waals surface area contributed by atoms with Crippen molar-refractivity contribution >= 4 is 5.91 Å². The van der Waals surface area contributed by atoms with Gasteiger partial charge < -0.3 is 9.80 Å². The molecular formula is C25H38N4O. The summed E-state index contributed by atoms with van der Waals surface area (Å²) in [6, 6.07) is 7.26. The Morgan fingerprint density at radius 3 is 2.50 bits per heavy atom. The van der Waals surface area contributed by atoms with Gasteiger partial charge in [0.1, 0.15) is 0 Å². The monoisotopic (exact) mass is 410 g/mol. The number of aryl methyl sites for hydroxylation is 1. The molecule has 0 radical (unpaired) electrons. The van der Waals surface area contributed by atoms with E-state index in [1.807, 2.05) is 0 Å². The lowest BCUT2D eigenvalue weighted by Gasteiger charge is -2.43. The summed E-state index contributed by atoms with van der Waals surface area (Å²) in [6.07, 6.45) is 8.24. The molecule has 164 valence electrons. The van der Waals surface area contributed by atoms with E-state index in [2.05, 4.69) is 51.8 Å². The zero-order valence-electron chi connectivity index (χ0n) is 18.9. The molecule has 0 N–H and O–H groups in total. The highest BCUT2D eigenvalue weighted by Crippen LogP contribution is 2.36. The molecule has 3 heterocycles. The van der Waals surface area contributed by atoms with Gasteiger partial charge in [0.25, 0.3) is 5.91 Å². The van der Waals surface area contributed by atoms with E-state index in [0.29, 0.717) is 6.04 Å². The Bertz CT molecular complexity index is 781. The summed E-state index contributed by atoms with van der Waals surface area (Å²) < 4.78 is 0. The van der Waals surface area contributed by atoms with Crippen LogP contribution >= 0.6 is 0 Å². The number of nitrogens with zero attached hydrogens (tertiary/aromatic N) is 4. The van der Waals surface area contributed by atoms with Crippen molar-refractivity contribution in [3.63, 3.8) is 0 Å². The fraction of sp³-hybridized carbons (Fsp3) is 0.720. The van der Waals surface area contributed by atoms with Gasteiger partial charge in [-0.3, -0.25) is 14.6 Å².